The molecule has 0 aliphatic rings. The van der Waals surface area contributed by atoms with E-state index in [-0.39, 0.29) is 5.97 Å². The van der Waals surface area contributed by atoms with E-state index in [1.807, 2.05) is 56.3 Å². The highest BCUT2D eigenvalue weighted by Gasteiger charge is 2.07. The molecule has 0 aromatic heterocycles. The van der Waals surface area contributed by atoms with E-state index in [2.05, 4.69) is 0 Å². The molecule has 122 valence electrons. The Labute approximate surface area is 137 Å². The molecule has 4 nitrogen and oxygen atoms in total. The Morgan fingerprint density at radius 2 is 1.74 bits per heavy atom. The second-order valence-corrected chi connectivity index (χ2v) is 5.32. The van der Waals surface area contributed by atoms with Gasteiger partial charge in [0.1, 0.15) is 5.75 Å². The topological polar surface area (TPSA) is 44.8 Å². The fourth-order valence-electron chi connectivity index (χ4n) is 2.10. The van der Waals surface area contributed by atoms with Gasteiger partial charge in [-0.1, -0.05) is 18.2 Å². The van der Waals surface area contributed by atoms with E-state index in [4.69, 9.17) is 14.2 Å². The number of hydrogen-bond acceptors (Lipinski definition) is 4. The monoisotopic (exact) mass is 314 g/mol. The zero-order valence-corrected chi connectivity index (χ0v) is 13.8. The molecule has 0 saturated heterocycles. The molecule has 23 heavy (non-hydrogen) atoms. The van der Waals surface area contributed by atoms with E-state index in [0.29, 0.717) is 36.7 Å². The summed E-state index contributed by atoms with van der Waals surface area (Å²) in [4.78, 5) is 11.8. The molecule has 4 heteroatoms. The largest absolute Gasteiger partial charge is 0.493 e. The quantitative estimate of drug-likeness (QED) is 0.439. The summed E-state index contributed by atoms with van der Waals surface area (Å²) in [6.07, 6.45) is 0.893. The van der Waals surface area contributed by atoms with Crippen molar-refractivity contribution in [3.63, 3.8) is 0 Å². The van der Waals surface area contributed by atoms with Crippen molar-refractivity contribution in [1.82, 2.24) is 0 Å². The number of aryl methyl sites for hydroxylation is 2. The van der Waals surface area contributed by atoms with Crippen molar-refractivity contribution in [3.8, 4) is 17.2 Å². The van der Waals surface area contributed by atoms with Crippen LogP contribution in [0.15, 0.2) is 42.5 Å². The Balaban J connectivity index is 1.75. The number of carbonyl (C=O) groups excluding carboxylic acids is 1. The molecule has 0 fully saturated rings. The third kappa shape index (κ3) is 5.02. The van der Waals surface area contributed by atoms with Gasteiger partial charge in [-0.15, -0.1) is 0 Å². The Kier molecular flexibility index (Phi) is 6.03. The van der Waals surface area contributed by atoms with Crippen LogP contribution in [0, 0.1) is 13.8 Å². The highest BCUT2D eigenvalue weighted by atomic mass is 16.5. The Morgan fingerprint density at radius 3 is 2.43 bits per heavy atom. The number of ether oxygens (including phenoxy) is 3. The van der Waals surface area contributed by atoms with E-state index in [0.717, 1.165) is 5.56 Å². The van der Waals surface area contributed by atoms with Gasteiger partial charge in [0.15, 0.2) is 11.5 Å². The average Bonchev–Trinajstić information content (AvgIpc) is 2.55. The third-order valence-corrected chi connectivity index (χ3v) is 3.56. The average molecular weight is 314 g/mol. The molecule has 0 N–H and O–H groups in total. The van der Waals surface area contributed by atoms with Gasteiger partial charge in [-0.05, 0) is 55.7 Å². The van der Waals surface area contributed by atoms with Gasteiger partial charge >= 0.3 is 5.97 Å². The van der Waals surface area contributed by atoms with E-state index in [1.165, 1.54) is 5.56 Å². The van der Waals surface area contributed by atoms with Crippen LogP contribution in [0.25, 0.3) is 0 Å². The van der Waals surface area contributed by atoms with Crippen LogP contribution in [0.3, 0.4) is 0 Å². The molecule has 0 aliphatic carbocycles. The molecule has 2 aromatic carbocycles. The lowest BCUT2D eigenvalue weighted by atomic mass is 10.1. The standard InChI is InChI=1S/C19H22O4/c1-14-10-11-16(13-15(14)2)23-19(20)9-6-12-22-18-8-5-4-7-17(18)21-3/h4-5,7-8,10-11,13H,6,9,12H2,1-3H3. The molecule has 0 radical (unpaired) electrons. The maximum atomic E-state index is 11.8. The van der Waals surface area contributed by atoms with Crippen LogP contribution in [0.1, 0.15) is 24.0 Å². The van der Waals surface area contributed by atoms with Gasteiger partial charge in [0.05, 0.1) is 13.7 Å². The summed E-state index contributed by atoms with van der Waals surface area (Å²) in [5.41, 5.74) is 2.28. The van der Waals surface area contributed by atoms with Gasteiger partial charge in [-0.25, -0.2) is 0 Å². The van der Waals surface area contributed by atoms with E-state index in [1.54, 1.807) is 7.11 Å². The van der Waals surface area contributed by atoms with Crippen LogP contribution in [0.4, 0.5) is 0 Å². The number of esters is 1. The minimum absolute atomic E-state index is 0.253. The van der Waals surface area contributed by atoms with Crippen LogP contribution >= 0.6 is 0 Å². The fraction of sp³-hybridized carbons (Fsp3) is 0.316. The first-order valence-corrected chi connectivity index (χ1v) is 7.64. The van der Waals surface area contributed by atoms with Gasteiger partial charge in [0.25, 0.3) is 0 Å². The van der Waals surface area contributed by atoms with Crippen LogP contribution in [-0.4, -0.2) is 19.7 Å². The fourth-order valence-corrected chi connectivity index (χ4v) is 2.10. The van der Waals surface area contributed by atoms with Crippen molar-refractivity contribution in [2.24, 2.45) is 0 Å². The first-order valence-electron chi connectivity index (χ1n) is 7.64. The van der Waals surface area contributed by atoms with Crippen molar-refractivity contribution in [1.29, 1.82) is 0 Å². The summed E-state index contributed by atoms with van der Waals surface area (Å²) in [5, 5.41) is 0. The van der Waals surface area contributed by atoms with Crippen molar-refractivity contribution in [2.75, 3.05) is 13.7 Å². The molecule has 0 bridgehead atoms. The maximum absolute atomic E-state index is 11.8. The van der Waals surface area contributed by atoms with Crippen molar-refractivity contribution >= 4 is 5.97 Å². The van der Waals surface area contributed by atoms with E-state index < -0.39 is 0 Å². The minimum atomic E-state index is -0.253. The summed E-state index contributed by atoms with van der Waals surface area (Å²) in [7, 11) is 1.60. The number of rotatable bonds is 7. The molecule has 2 rings (SSSR count). The van der Waals surface area contributed by atoms with E-state index in [9.17, 15) is 4.79 Å². The van der Waals surface area contributed by atoms with Crippen LogP contribution in [0.2, 0.25) is 0 Å². The lowest BCUT2D eigenvalue weighted by Gasteiger charge is -2.10. The summed E-state index contributed by atoms with van der Waals surface area (Å²) in [6.45, 7) is 4.45. The molecule has 0 spiro atoms. The normalized spacial score (nSPS) is 10.2. The smallest absolute Gasteiger partial charge is 0.311 e. The number of methoxy groups -OCH3 is 1. The predicted octanol–water partition coefficient (Wildman–Crippen LogP) is 4.08. The zero-order chi connectivity index (χ0) is 16.7. The molecule has 0 aliphatic heterocycles. The molecule has 2 aromatic rings. The first kappa shape index (κ1) is 16.9. The summed E-state index contributed by atoms with van der Waals surface area (Å²) in [6, 6.07) is 13.1. The van der Waals surface area contributed by atoms with Crippen LogP contribution in [0.5, 0.6) is 17.2 Å². The SMILES string of the molecule is COc1ccccc1OCCCC(=O)Oc1ccc(C)c(C)c1. The highest BCUT2D eigenvalue weighted by molar-refractivity contribution is 5.72. The lowest BCUT2D eigenvalue weighted by Crippen LogP contribution is -2.10. The predicted molar refractivity (Wildman–Crippen MR) is 89.3 cm³/mol. The number of benzene rings is 2. The minimum Gasteiger partial charge on any atom is -0.493 e. The maximum Gasteiger partial charge on any atom is 0.311 e. The molecule has 0 unspecified atom stereocenters. The van der Waals surface area contributed by atoms with Gasteiger partial charge in [-0.3, -0.25) is 4.79 Å². The molecule has 0 amide bonds. The first-order chi connectivity index (χ1) is 11.1. The second-order valence-electron chi connectivity index (χ2n) is 5.32. The van der Waals surface area contributed by atoms with Gasteiger partial charge in [-0.2, -0.15) is 0 Å². The van der Waals surface area contributed by atoms with Gasteiger partial charge in [0.2, 0.25) is 0 Å². The zero-order valence-electron chi connectivity index (χ0n) is 13.8. The molecule has 0 heterocycles. The van der Waals surface area contributed by atoms with Crippen LogP contribution < -0.4 is 14.2 Å². The molecule has 0 atom stereocenters. The van der Waals surface area contributed by atoms with Crippen molar-refractivity contribution in [2.45, 2.75) is 26.7 Å². The van der Waals surface area contributed by atoms with Gasteiger partial charge in [0, 0.05) is 6.42 Å². The molecular weight excluding hydrogens is 292 g/mol. The highest BCUT2D eigenvalue weighted by Crippen LogP contribution is 2.25. The summed E-state index contributed by atoms with van der Waals surface area (Å²) >= 11 is 0. The van der Waals surface area contributed by atoms with Crippen molar-refractivity contribution < 1.29 is 19.0 Å². The Hall–Kier alpha value is -2.49. The number of para-hydroxylation sites is 2. The van der Waals surface area contributed by atoms with Crippen molar-refractivity contribution in [3.05, 3.63) is 53.6 Å². The van der Waals surface area contributed by atoms with Gasteiger partial charge < -0.3 is 14.2 Å². The summed E-state index contributed by atoms with van der Waals surface area (Å²) < 4.78 is 16.2. The lowest BCUT2D eigenvalue weighted by molar-refractivity contribution is -0.134. The number of hydrogen-bond donors (Lipinski definition) is 0. The van der Waals surface area contributed by atoms with Crippen LogP contribution in [-0.2, 0) is 4.79 Å². The second kappa shape index (κ2) is 8.22. The Morgan fingerprint density at radius 1 is 1.00 bits per heavy atom. The molecular formula is C19H22O4. The summed E-state index contributed by atoms with van der Waals surface area (Å²) in [5.74, 6) is 1.70. The third-order valence-electron chi connectivity index (χ3n) is 3.56. The number of carbonyl (C=O) groups is 1. The molecule has 0 saturated carbocycles. The Bertz CT molecular complexity index is 664. The van der Waals surface area contributed by atoms with E-state index >= 15 is 0 Å².